The minimum absolute atomic E-state index is 0.0391. The molecule has 1 atom stereocenters. The molecule has 0 aromatic rings. The molecule has 18 heavy (non-hydrogen) atoms. The van der Waals surface area contributed by atoms with E-state index >= 15 is 0 Å². The Hall–Kier alpha value is -0.360. The first kappa shape index (κ1) is 14.1. The zero-order chi connectivity index (χ0) is 13.6. The Labute approximate surface area is 104 Å². The predicted molar refractivity (Wildman–Crippen MR) is 59.1 cm³/mol. The van der Waals surface area contributed by atoms with Gasteiger partial charge in [-0.25, -0.2) is 17.6 Å². The number of hydrogen-bond donors (Lipinski definition) is 1. The van der Waals surface area contributed by atoms with Crippen LogP contribution in [0, 0.1) is 5.41 Å². The normalized spacial score (nSPS) is 30.5. The quantitative estimate of drug-likeness (QED) is 0.795. The van der Waals surface area contributed by atoms with E-state index in [0.29, 0.717) is 26.0 Å². The number of hydrogen-bond acceptors (Lipinski definition) is 2. The summed E-state index contributed by atoms with van der Waals surface area (Å²) in [6.45, 7) is 4.94. The van der Waals surface area contributed by atoms with Gasteiger partial charge in [-0.2, -0.15) is 0 Å². The Bertz CT molecular complexity index is 311. The van der Waals surface area contributed by atoms with Crippen LogP contribution in [0.3, 0.4) is 0 Å². The smallest absolute Gasteiger partial charge is 0.309 e. The van der Waals surface area contributed by atoms with E-state index in [9.17, 15) is 17.6 Å². The van der Waals surface area contributed by atoms with Gasteiger partial charge in [0.1, 0.15) is 0 Å². The summed E-state index contributed by atoms with van der Waals surface area (Å²) in [5, 5.41) is 2.92. The van der Waals surface area contributed by atoms with Gasteiger partial charge in [0, 0.05) is 19.0 Å². The Kier molecular flexibility index (Phi) is 3.39. The SMILES string of the molecule is CC1(C)CC2(C1)OCCNC2CC(F)(F)C(F)F. The lowest BCUT2D eigenvalue weighted by molar-refractivity contribution is -0.217. The zero-order valence-corrected chi connectivity index (χ0v) is 10.6. The molecule has 1 saturated carbocycles. The molecule has 1 N–H and O–H groups in total. The fraction of sp³-hybridized carbons (Fsp3) is 1.00. The van der Waals surface area contributed by atoms with Crippen molar-refractivity contribution in [1.29, 1.82) is 0 Å². The number of rotatable bonds is 3. The van der Waals surface area contributed by atoms with Gasteiger partial charge in [0.2, 0.25) is 0 Å². The molecular formula is C12H19F4NO. The molecule has 1 unspecified atom stereocenters. The minimum Gasteiger partial charge on any atom is -0.372 e. The summed E-state index contributed by atoms with van der Waals surface area (Å²) in [5.74, 6) is -3.95. The fourth-order valence-electron chi connectivity index (χ4n) is 3.31. The highest BCUT2D eigenvalue weighted by Crippen LogP contribution is 2.54. The molecule has 106 valence electrons. The molecule has 1 aliphatic carbocycles. The third-order valence-corrected chi connectivity index (χ3v) is 3.87. The van der Waals surface area contributed by atoms with Crippen molar-refractivity contribution in [1.82, 2.24) is 5.32 Å². The maximum Gasteiger partial charge on any atom is 0.309 e. The summed E-state index contributed by atoms with van der Waals surface area (Å²) < 4.78 is 56.5. The van der Waals surface area contributed by atoms with Crippen LogP contribution in [0.25, 0.3) is 0 Å². The Balaban J connectivity index is 2.06. The third-order valence-electron chi connectivity index (χ3n) is 3.87. The molecule has 0 aromatic carbocycles. The molecule has 0 bridgehead atoms. The molecule has 0 aromatic heterocycles. The second-order valence-electron chi connectivity index (χ2n) is 6.20. The topological polar surface area (TPSA) is 21.3 Å². The Morgan fingerprint density at radius 3 is 2.44 bits per heavy atom. The number of morpholine rings is 1. The van der Waals surface area contributed by atoms with E-state index in [1.54, 1.807) is 0 Å². The third kappa shape index (κ3) is 2.50. The summed E-state index contributed by atoms with van der Waals surface area (Å²) in [6, 6.07) is -0.691. The van der Waals surface area contributed by atoms with E-state index in [1.807, 2.05) is 13.8 Å². The van der Waals surface area contributed by atoms with Gasteiger partial charge in [-0.3, -0.25) is 0 Å². The largest absolute Gasteiger partial charge is 0.372 e. The molecule has 1 saturated heterocycles. The second kappa shape index (κ2) is 4.34. The van der Waals surface area contributed by atoms with E-state index < -0.39 is 30.4 Å². The van der Waals surface area contributed by atoms with E-state index in [0.717, 1.165) is 0 Å². The molecule has 1 heterocycles. The van der Waals surface area contributed by atoms with Gasteiger partial charge in [-0.15, -0.1) is 0 Å². The second-order valence-corrected chi connectivity index (χ2v) is 6.20. The molecule has 1 spiro atoms. The first-order valence-corrected chi connectivity index (χ1v) is 6.20. The number of ether oxygens (including phenoxy) is 1. The van der Waals surface area contributed by atoms with Crippen LogP contribution in [-0.2, 0) is 4.74 Å². The van der Waals surface area contributed by atoms with Gasteiger partial charge in [0.05, 0.1) is 12.2 Å². The molecule has 1 aliphatic heterocycles. The van der Waals surface area contributed by atoms with Gasteiger partial charge in [0.25, 0.3) is 0 Å². The molecule has 2 aliphatic rings. The van der Waals surface area contributed by atoms with Gasteiger partial charge in [-0.1, -0.05) is 13.8 Å². The standard InChI is InChI=1S/C12H19F4NO/c1-10(2)6-11(7-10)8(17-3-4-18-11)5-12(15,16)9(13)14/h8-9,17H,3-7H2,1-2H3. The Morgan fingerprint density at radius 2 is 1.94 bits per heavy atom. The van der Waals surface area contributed by atoms with Crippen LogP contribution < -0.4 is 5.32 Å². The molecule has 2 nitrogen and oxygen atoms in total. The monoisotopic (exact) mass is 269 g/mol. The van der Waals surface area contributed by atoms with E-state index in [1.165, 1.54) is 0 Å². The average Bonchev–Trinajstić information content (AvgIpc) is 2.18. The van der Waals surface area contributed by atoms with Crippen molar-refractivity contribution in [2.75, 3.05) is 13.2 Å². The molecule has 0 radical (unpaired) electrons. The fourth-order valence-corrected chi connectivity index (χ4v) is 3.31. The van der Waals surface area contributed by atoms with Crippen molar-refractivity contribution in [3.8, 4) is 0 Å². The molecule has 2 fully saturated rings. The highest BCUT2D eigenvalue weighted by Gasteiger charge is 2.58. The van der Waals surface area contributed by atoms with E-state index in [-0.39, 0.29) is 5.41 Å². The van der Waals surface area contributed by atoms with Crippen LogP contribution in [-0.4, -0.2) is 37.1 Å². The van der Waals surface area contributed by atoms with Crippen molar-refractivity contribution in [2.24, 2.45) is 5.41 Å². The van der Waals surface area contributed by atoms with Crippen LogP contribution in [0.2, 0.25) is 0 Å². The van der Waals surface area contributed by atoms with Crippen molar-refractivity contribution < 1.29 is 22.3 Å². The van der Waals surface area contributed by atoms with Crippen LogP contribution in [0.1, 0.15) is 33.1 Å². The summed E-state index contributed by atoms with van der Waals surface area (Å²) in [6.07, 6.45) is -3.21. The summed E-state index contributed by atoms with van der Waals surface area (Å²) in [7, 11) is 0. The Morgan fingerprint density at radius 1 is 1.33 bits per heavy atom. The van der Waals surface area contributed by atoms with Gasteiger partial charge in [0.15, 0.2) is 0 Å². The maximum absolute atomic E-state index is 13.2. The number of nitrogens with one attached hydrogen (secondary N) is 1. The van der Waals surface area contributed by atoms with E-state index in [2.05, 4.69) is 5.32 Å². The van der Waals surface area contributed by atoms with Crippen LogP contribution in [0.15, 0.2) is 0 Å². The van der Waals surface area contributed by atoms with Crippen molar-refractivity contribution in [3.63, 3.8) is 0 Å². The van der Waals surface area contributed by atoms with Crippen molar-refractivity contribution >= 4 is 0 Å². The molecular weight excluding hydrogens is 250 g/mol. The first-order valence-electron chi connectivity index (χ1n) is 6.20. The lowest BCUT2D eigenvalue weighted by atomic mass is 9.57. The van der Waals surface area contributed by atoms with Gasteiger partial charge < -0.3 is 10.1 Å². The summed E-state index contributed by atoms with van der Waals surface area (Å²) >= 11 is 0. The zero-order valence-electron chi connectivity index (χ0n) is 10.6. The van der Waals surface area contributed by atoms with Crippen LogP contribution >= 0.6 is 0 Å². The van der Waals surface area contributed by atoms with Crippen LogP contribution in [0.5, 0.6) is 0 Å². The molecule has 2 rings (SSSR count). The predicted octanol–water partition coefficient (Wildman–Crippen LogP) is 2.82. The summed E-state index contributed by atoms with van der Waals surface area (Å²) in [5.41, 5.74) is -0.641. The molecule has 0 amide bonds. The highest BCUT2D eigenvalue weighted by atomic mass is 19.3. The van der Waals surface area contributed by atoms with Crippen LogP contribution in [0.4, 0.5) is 17.6 Å². The maximum atomic E-state index is 13.2. The first-order chi connectivity index (χ1) is 8.17. The van der Waals surface area contributed by atoms with Gasteiger partial charge >= 0.3 is 12.3 Å². The van der Waals surface area contributed by atoms with E-state index in [4.69, 9.17) is 4.74 Å². The summed E-state index contributed by atoms with van der Waals surface area (Å²) in [4.78, 5) is 0. The minimum atomic E-state index is -3.95. The van der Waals surface area contributed by atoms with Crippen molar-refractivity contribution in [3.05, 3.63) is 0 Å². The lowest BCUT2D eigenvalue weighted by Crippen LogP contribution is -2.67. The number of halogens is 4. The molecule has 6 heteroatoms. The average molecular weight is 269 g/mol. The highest BCUT2D eigenvalue weighted by molar-refractivity contribution is 5.10. The van der Waals surface area contributed by atoms with Gasteiger partial charge in [-0.05, 0) is 18.3 Å². The van der Waals surface area contributed by atoms with Crippen molar-refractivity contribution in [2.45, 2.75) is 57.1 Å². The lowest BCUT2D eigenvalue weighted by Gasteiger charge is -2.58. The number of alkyl halides is 4.